The second-order valence-corrected chi connectivity index (χ2v) is 6.78. The molecule has 1 aromatic carbocycles. The third-order valence-corrected chi connectivity index (χ3v) is 4.55. The van der Waals surface area contributed by atoms with Crippen LogP contribution in [0.1, 0.15) is 51.6 Å². The molecule has 1 aliphatic rings. The Morgan fingerprint density at radius 2 is 1.92 bits per heavy atom. The predicted molar refractivity (Wildman–Crippen MR) is 97.3 cm³/mol. The molecule has 3 amide bonds. The maximum absolute atomic E-state index is 12.6. The first-order chi connectivity index (χ1) is 11.9. The van der Waals surface area contributed by atoms with Gasteiger partial charge >= 0.3 is 6.03 Å². The van der Waals surface area contributed by atoms with E-state index in [1.165, 1.54) is 0 Å². The van der Waals surface area contributed by atoms with Crippen LogP contribution < -0.4 is 15.8 Å². The summed E-state index contributed by atoms with van der Waals surface area (Å²) in [4.78, 5) is 25.6. The Labute approximate surface area is 149 Å². The number of rotatable bonds is 6. The van der Waals surface area contributed by atoms with Crippen molar-refractivity contribution in [1.82, 2.24) is 10.2 Å². The lowest BCUT2D eigenvalue weighted by atomic mass is 9.96. The number of amides is 3. The van der Waals surface area contributed by atoms with Gasteiger partial charge in [-0.15, -0.1) is 0 Å². The SMILES string of the molecule is CC[C@@H](NC(=O)N1CCC(C(N)=O)CC1)c1ccccc1OC(C)C. The van der Waals surface area contributed by atoms with E-state index in [9.17, 15) is 9.59 Å². The lowest BCUT2D eigenvalue weighted by molar-refractivity contribution is -0.123. The zero-order chi connectivity index (χ0) is 18.4. The highest BCUT2D eigenvalue weighted by Gasteiger charge is 2.27. The molecular weight excluding hydrogens is 318 g/mol. The highest BCUT2D eigenvalue weighted by Crippen LogP contribution is 2.28. The van der Waals surface area contributed by atoms with Crippen molar-refractivity contribution in [1.29, 1.82) is 0 Å². The van der Waals surface area contributed by atoms with E-state index in [1.807, 2.05) is 45.0 Å². The van der Waals surface area contributed by atoms with E-state index in [2.05, 4.69) is 5.32 Å². The molecule has 0 radical (unpaired) electrons. The first kappa shape index (κ1) is 19.1. The monoisotopic (exact) mass is 347 g/mol. The highest BCUT2D eigenvalue weighted by atomic mass is 16.5. The van der Waals surface area contributed by atoms with Crippen molar-refractivity contribution >= 4 is 11.9 Å². The zero-order valence-corrected chi connectivity index (χ0v) is 15.3. The first-order valence-electron chi connectivity index (χ1n) is 9.02. The number of piperidine rings is 1. The molecule has 25 heavy (non-hydrogen) atoms. The van der Waals surface area contributed by atoms with E-state index in [-0.39, 0.29) is 30.0 Å². The van der Waals surface area contributed by atoms with Crippen LogP contribution in [0.25, 0.3) is 0 Å². The normalized spacial score (nSPS) is 16.6. The molecule has 2 rings (SSSR count). The van der Waals surface area contributed by atoms with Crippen LogP contribution in [0.15, 0.2) is 24.3 Å². The number of nitrogens with two attached hydrogens (primary N) is 1. The van der Waals surface area contributed by atoms with Gasteiger partial charge in [0, 0.05) is 24.6 Å². The number of nitrogens with zero attached hydrogens (tertiary/aromatic N) is 1. The van der Waals surface area contributed by atoms with Gasteiger partial charge in [-0.2, -0.15) is 0 Å². The number of carbonyl (C=O) groups excluding carboxylic acids is 2. The molecule has 0 aromatic heterocycles. The molecule has 3 N–H and O–H groups in total. The summed E-state index contributed by atoms with van der Waals surface area (Å²) in [6.45, 7) is 7.12. The first-order valence-corrected chi connectivity index (χ1v) is 9.02. The van der Waals surface area contributed by atoms with E-state index >= 15 is 0 Å². The number of carbonyl (C=O) groups is 2. The van der Waals surface area contributed by atoms with Crippen molar-refractivity contribution in [2.75, 3.05) is 13.1 Å². The Hall–Kier alpha value is -2.24. The Balaban J connectivity index is 2.03. The number of hydrogen-bond acceptors (Lipinski definition) is 3. The van der Waals surface area contributed by atoms with Crippen LogP contribution in [0.4, 0.5) is 4.79 Å². The van der Waals surface area contributed by atoms with Crippen LogP contribution in [0.2, 0.25) is 0 Å². The maximum atomic E-state index is 12.6. The number of nitrogens with one attached hydrogen (secondary N) is 1. The van der Waals surface area contributed by atoms with Gasteiger partial charge in [0.2, 0.25) is 5.91 Å². The van der Waals surface area contributed by atoms with Gasteiger partial charge in [-0.05, 0) is 39.2 Å². The molecule has 6 heteroatoms. The Kier molecular flexibility index (Phi) is 6.67. The molecule has 1 saturated heterocycles. The quantitative estimate of drug-likeness (QED) is 0.830. The van der Waals surface area contributed by atoms with Crippen LogP contribution in [-0.2, 0) is 4.79 Å². The van der Waals surface area contributed by atoms with Crippen LogP contribution in [0.5, 0.6) is 5.75 Å². The van der Waals surface area contributed by atoms with Crippen LogP contribution in [-0.4, -0.2) is 36.0 Å². The van der Waals surface area contributed by atoms with Crippen molar-refractivity contribution in [3.05, 3.63) is 29.8 Å². The molecular formula is C19H29N3O3. The lowest BCUT2D eigenvalue weighted by Crippen LogP contribution is -2.47. The van der Waals surface area contributed by atoms with E-state index in [0.717, 1.165) is 17.7 Å². The molecule has 6 nitrogen and oxygen atoms in total. The number of urea groups is 1. The minimum Gasteiger partial charge on any atom is -0.491 e. The fraction of sp³-hybridized carbons (Fsp3) is 0.579. The Bertz CT molecular complexity index is 595. The number of hydrogen-bond donors (Lipinski definition) is 2. The lowest BCUT2D eigenvalue weighted by Gasteiger charge is -2.32. The molecule has 1 atom stereocenters. The van der Waals surface area contributed by atoms with Gasteiger partial charge in [-0.1, -0.05) is 25.1 Å². The molecule has 1 heterocycles. The van der Waals surface area contributed by atoms with E-state index in [0.29, 0.717) is 25.9 Å². The van der Waals surface area contributed by atoms with Crippen molar-refractivity contribution < 1.29 is 14.3 Å². The van der Waals surface area contributed by atoms with Gasteiger partial charge in [0.05, 0.1) is 12.1 Å². The number of ether oxygens (including phenoxy) is 1. The topological polar surface area (TPSA) is 84.7 Å². The van der Waals surface area contributed by atoms with Crippen molar-refractivity contribution in [2.24, 2.45) is 11.7 Å². The van der Waals surface area contributed by atoms with Gasteiger partial charge in [-0.25, -0.2) is 4.79 Å². The molecule has 0 aliphatic carbocycles. The largest absolute Gasteiger partial charge is 0.491 e. The molecule has 0 saturated carbocycles. The third-order valence-electron chi connectivity index (χ3n) is 4.55. The average molecular weight is 347 g/mol. The summed E-state index contributed by atoms with van der Waals surface area (Å²) < 4.78 is 5.88. The van der Waals surface area contributed by atoms with Crippen molar-refractivity contribution in [2.45, 2.75) is 52.2 Å². The van der Waals surface area contributed by atoms with E-state index in [4.69, 9.17) is 10.5 Å². The molecule has 138 valence electrons. The summed E-state index contributed by atoms with van der Waals surface area (Å²) in [6, 6.07) is 7.60. The molecule has 0 spiro atoms. The number of likely N-dealkylation sites (tertiary alicyclic amines) is 1. The van der Waals surface area contributed by atoms with Crippen LogP contribution >= 0.6 is 0 Å². The second kappa shape index (κ2) is 8.74. The van der Waals surface area contributed by atoms with Crippen molar-refractivity contribution in [3.63, 3.8) is 0 Å². The molecule has 1 aliphatic heterocycles. The summed E-state index contributed by atoms with van der Waals surface area (Å²) >= 11 is 0. The van der Waals surface area contributed by atoms with Gasteiger partial charge in [-0.3, -0.25) is 4.79 Å². The third kappa shape index (κ3) is 5.11. The average Bonchev–Trinajstić information content (AvgIpc) is 2.59. The smallest absolute Gasteiger partial charge is 0.317 e. The minimum atomic E-state index is -0.272. The Morgan fingerprint density at radius 1 is 1.28 bits per heavy atom. The van der Waals surface area contributed by atoms with E-state index in [1.54, 1.807) is 4.90 Å². The fourth-order valence-electron chi connectivity index (χ4n) is 3.14. The van der Waals surface area contributed by atoms with Gasteiger partial charge < -0.3 is 20.7 Å². The van der Waals surface area contributed by atoms with Crippen LogP contribution in [0, 0.1) is 5.92 Å². The molecule has 0 bridgehead atoms. The predicted octanol–water partition coefficient (Wildman–Crippen LogP) is 2.83. The summed E-state index contributed by atoms with van der Waals surface area (Å²) in [5.74, 6) is 0.412. The molecule has 1 aromatic rings. The van der Waals surface area contributed by atoms with Gasteiger partial charge in [0.15, 0.2) is 0 Å². The highest BCUT2D eigenvalue weighted by molar-refractivity contribution is 5.78. The Morgan fingerprint density at radius 3 is 2.48 bits per heavy atom. The summed E-state index contributed by atoms with van der Waals surface area (Å²) in [6.07, 6.45) is 2.10. The van der Waals surface area contributed by atoms with Crippen LogP contribution in [0.3, 0.4) is 0 Å². The minimum absolute atomic E-state index is 0.0715. The zero-order valence-electron chi connectivity index (χ0n) is 15.3. The standard InChI is InChI=1S/C19H29N3O3/c1-4-16(15-7-5-6-8-17(15)25-13(2)3)21-19(24)22-11-9-14(10-12-22)18(20)23/h5-8,13-14,16H,4,9-12H2,1-3H3,(H2,20,23)(H,21,24)/t16-/m1/s1. The summed E-state index contributed by atoms with van der Waals surface area (Å²) in [7, 11) is 0. The molecule has 1 fully saturated rings. The summed E-state index contributed by atoms with van der Waals surface area (Å²) in [5, 5.41) is 3.10. The number of para-hydroxylation sites is 1. The summed E-state index contributed by atoms with van der Waals surface area (Å²) in [5.41, 5.74) is 6.34. The number of primary amides is 1. The maximum Gasteiger partial charge on any atom is 0.317 e. The van der Waals surface area contributed by atoms with E-state index < -0.39 is 0 Å². The second-order valence-electron chi connectivity index (χ2n) is 6.78. The van der Waals surface area contributed by atoms with Crippen molar-refractivity contribution in [3.8, 4) is 5.75 Å². The number of benzene rings is 1. The van der Waals surface area contributed by atoms with Gasteiger partial charge in [0.1, 0.15) is 5.75 Å². The fourth-order valence-corrected chi connectivity index (χ4v) is 3.14. The van der Waals surface area contributed by atoms with Gasteiger partial charge in [0.25, 0.3) is 0 Å². The molecule has 0 unspecified atom stereocenters.